The molecule has 2 amide bonds. The Bertz CT molecular complexity index is 527. The van der Waals surface area contributed by atoms with Gasteiger partial charge in [0.2, 0.25) is 11.8 Å². The highest BCUT2D eigenvalue weighted by Crippen LogP contribution is 2.26. The van der Waals surface area contributed by atoms with Crippen LogP contribution in [0.4, 0.5) is 0 Å². The third-order valence-corrected chi connectivity index (χ3v) is 4.65. The zero-order chi connectivity index (χ0) is 21.1. The zero-order valence-corrected chi connectivity index (χ0v) is 18.4. The molecule has 0 aliphatic rings. The summed E-state index contributed by atoms with van der Waals surface area (Å²) in [5.41, 5.74) is 0.222. The van der Waals surface area contributed by atoms with Crippen molar-refractivity contribution >= 4 is 11.8 Å². The molecule has 0 N–H and O–H groups in total. The van der Waals surface area contributed by atoms with Gasteiger partial charge >= 0.3 is 0 Å². The van der Waals surface area contributed by atoms with Crippen molar-refractivity contribution in [2.24, 2.45) is 10.8 Å². The number of hydrogen-bond acceptors (Lipinski definition) is 2. The van der Waals surface area contributed by atoms with Crippen LogP contribution >= 0.6 is 0 Å². The van der Waals surface area contributed by atoms with Crippen molar-refractivity contribution in [3.8, 4) is 0 Å². The second-order valence-corrected chi connectivity index (χ2v) is 9.03. The first-order chi connectivity index (χ1) is 12.5. The number of hydrogen-bond donors (Lipinski definition) is 0. The average Bonchev–Trinajstić information content (AvgIpc) is 2.57. The predicted octanol–water partition coefficient (Wildman–Crippen LogP) is 4.83. The van der Waals surface area contributed by atoms with Crippen molar-refractivity contribution in [2.75, 3.05) is 26.2 Å². The Kier molecular flexibility index (Phi) is 11.0. The second kappa shape index (κ2) is 11.8. The van der Waals surface area contributed by atoms with E-state index in [0.29, 0.717) is 13.1 Å². The maximum absolute atomic E-state index is 12.4. The summed E-state index contributed by atoms with van der Waals surface area (Å²) >= 11 is 0. The standard InChI is InChI=1S/C23H40N2O2/c1-9-17-25(20(26)10-2)19-16-23(7,8)14-12-13-21(27)24(11-3)18-15-22(4,5)6/h9-10,12-13H,1-2,11,14-19H2,3-8H3/b13-12-. The molecule has 0 saturated heterocycles. The van der Waals surface area contributed by atoms with E-state index < -0.39 is 0 Å². The molecule has 0 unspecified atom stereocenters. The molecule has 27 heavy (non-hydrogen) atoms. The lowest BCUT2D eigenvalue weighted by molar-refractivity contribution is -0.126. The molecule has 0 radical (unpaired) electrons. The molecular weight excluding hydrogens is 336 g/mol. The Labute approximate surface area is 167 Å². The number of carbonyl (C=O) groups excluding carboxylic acids is 2. The van der Waals surface area contributed by atoms with Gasteiger partial charge in [-0.1, -0.05) is 53.3 Å². The van der Waals surface area contributed by atoms with E-state index in [1.54, 1.807) is 17.1 Å². The van der Waals surface area contributed by atoms with E-state index in [4.69, 9.17) is 0 Å². The maximum atomic E-state index is 12.4. The van der Waals surface area contributed by atoms with Gasteiger partial charge in [-0.2, -0.15) is 0 Å². The van der Waals surface area contributed by atoms with E-state index in [2.05, 4.69) is 47.8 Å². The molecule has 0 aromatic rings. The number of likely N-dealkylation sites (N-methyl/N-ethyl adjacent to an activating group) is 1. The fraction of sp³-hybridized carbons (Fsp3) is 0.652. The van der Waals surface area contributed by atoms with E-state index in [0.717, 1.165) is 32.4 Å². The first-order valence-electron chi connectivity index (χ1n) is 9.93. The Morgan fingerprint density at radius 2 is 1.52 bits per heavy atom. The Morgan fingerprint density at radius 3 is 2.00 bits per heavy atom. The lowest BCUT2D eigenvalue weighted by atomic mass is 9.85. The quantitative estimate of drug-likeness (QED) is 0.361. The number of allylic oxidation sites excluding steroid dienone is 1. The first-order valence-corrected chi connectivity index (χ1v) is 9.93. The highest BCUT2D eigenvalue weighted by molar-refractivity contribution is 5.87. The summed E-state index contributed by atoms with van der Waals surface area (Å²) < 4.78 is 0. The van der Waals surface area contributed by atoms with Gasteiger partial charge in [0.15, 0.2) is 0 Å². The number of amides is 2. The van der Waals surface area contributed by atoms with Gasteiger partial charge < -0.3 is 9.80 Å². The van der Waals surface area contributed by atoms with E-state index in [9.17, 15) is 9.59 Å². The summed E-state index contributed by atoms with van der Waals surface area (Å²) in [6.07, 6.45) is 9.36. The molecule has 0 aliphatic carbocycles. The van der Waals surface area contributed by atoms with E-state index >= 15 is 0 Å². The van der Waals surface area contributed by atoms with Crippen molar-refractivity contribution in [1.82, 2.24) is 9.80 Å². The lowest BCUT2D eigenvalue weighted by Crippen LogP contribution is -2.33. The molecule has 0 bridgehead atoms. The average molecular weight is 377 g/mol. The minimum Gasteiger partial charge on any atom is -0.339 e. The van der Waals surface area contributed by atoms with Gasteiger partial charge in [-0.05, 0) is 49.2 Å². The van der Waals surface area contributed by atoms with Crippen molar-refractivity contribution in [3.63, 3.8) is 0 Å². The van der Waals surface area contributed by atoms with Gasteiger partial charge in [-0.25, -0.2) is 0 Å². The summed E-state index contributed by atoms with van der Waals surface area (Å²) in [5.74, 6) is 0.00141. The molecule has 154 valence electrons. The molecule has 0 aliphatic heterocycles. The molecule has 0 fully saturated rings. The van der Waals surface area contributed by atoms with E-state index in [1.165, 1.54) is 6.08 Å². The lowest BCUT2D eigenvalue weighted by Gasteiger charge is -2.28. The van der Waals surface area contributed by atoms with E-state index in [-0.39, 0.29) is 22.6 Å². The third-order valence-electron chi connectivity index (χ3n) is 4.65. The van der Waals surface area contributed by atoms with Crippen molar-refractivity contribution in [1.29, 1.82) is 0 Å². The molecule has 0 spiro atoms. The van der Waals surface area contributed by atoms with Crippen LogP contribution in [0.5, 0.6) is 0 Å². The number of nitrogens with zero attached hydrogens (tertiary/aromatic N) is 2. The minimum absolute atomic E-state index is 0.000103. The third kappa shape index (κ3) is 11.5. The van der Waals surface area contributed by atoms with Crippen LogP contribution in [0, 0.1) is 10.8 Å². The SMILES string of the molecule is C=CCN(CCC(C)(C)C/C=C\C(=O)N(CC)CCC(C)(C)C)C(=O)C=C. The first kappa shape index (κ1) is 25.2. The molecule has 0 saturated carbocycles. The topological polar surface area (TPSA) is 40.6 Å². The van der Waals surface area contributed by atoms with Crippen LogP contribution < -0.4 is 0 Å². The van der Waals surface area contributed by atoms with Crippen LogP contribution in [-0.2, 0) is 9.59 Å². The normalized spacial score (nSPS) is 12.1. The highest BCUT2D eigenvalue weighted by atomic mass is 16.2. The molecule has 0 heterocycles. The molecule has 0 rings (SSSR count). The van der Waals surface area contributed by atoms with Gasteiger partial charge in [-0.3, -0.25) is 9.59 Å². The van der Waals surface area contributed by atoms with Gasteiger partial charge in [0.25, 0.3) is 0 Å². The van der Waals surface area contributed by atoms with Crippen LogP contribution in [0.3, 0.4) is 0 Å². The summed E-state index contributed by atoms with van der Waals surface area (Å²) in [6, 6.07) is 0. The molecule has 4 nitrogen and oxygen atoms in total. The molecular formula is C23H40N2O2. The number of rotatable bonds is 12. The Hall–Kier alpha value is -1.84. The maximum Gasteiger partial charge on any atom is 0.246 e. The highest BCUT2D eigenvalue weighted by Gasteiger charge is 2.20. The van der Waals surface area contributed by atoms with E-state index in [1.807, 2.05) is 17.9 Å². The monoisotopic (exact) mass is 376 g/mol. The molecule has 4 heteroatoms. The van der Waals surface area contributed by atoms with Crippen LogP contribution in [0.25, 0.3) is 0 Å². The fourth-order valence-corrected chi connectivity index (χ4v) is 2.59. The van der Waals surface area contributed by atoms with Crippen LogP contribution in [0.2, 0.25) is 0 Å². The fourth-order valence-electron chi connectivity index (χ4n) is 2.59. The summed E-state index contributed by atoms with van der Waals surface area (Å²) in [4.78, 5) is 27.9. The zero-order valence-electron chi connectivity index (χ0n) is 18.4. The van der Waals surface area contributed by atoms with Crippen LogP contribution in [0.15, 0.2) is 37.5 Å². The number of carbonyl (C=O) groups is 2. The van der Waals surface area contributed by atoms with Gasteiger partial charge in [0.05, 0.1) is 0 Å². The smallest absolute Gasteiger partial charge is 0.246 e. The second-order valence-electron chi connectivity index (χ2n) is 9.03. The largest absolute Gasteiger partial charge is 0.339 e. The molecule has 0 atom stereocenters. The predicted molar refractivity (Wildman–Crippen MR) is 115 cm³/mol. The van der Waals surface area contributed by atoms with Gasteiger partial charge in [0.1, 0.15) is 0 Å². The molecule has 0 aromatic heterocycles. The minimum atomic E-state index is -0.0751. The van der Waals surface area contributed by atoms with Gasteiger partial charge in [-0.15, -0.1) is 6.58 Å². The summed E-state index contributed by atoms with van der Waals surface area (Å²) in [6.45, 7) is 22.8. The van der Waals surface area contributed by atoms with Crippen molar-refractivity contribution in [3.05, 3.63) is 37.5 Å². The Balaban J connectivity index is 4.62. The van der Waals surface area contributed by atoms with Crippen LogP contribution in [-0.4, -0.2) is 47.8 Å². The Morgan fingerprint density at radius 1 is 0.926 bits per heavy atom. The van der Waals surface area contributed by atoms with Gasteiger partial charge in [0, 0.05) is 26.2 Å². The van der Waals surface area contributed by atoms with Crippen LogP contribution in [0.1, 0.15) is 60.8 Å². The summed E-state index contributed by atoms with van der Waals surface area (Å²) in [7, 11) is 0. The molecule has 0 aromatic carbocycles. The van der Waals surface area contributed by atoms with Crippen molar-refractivity contribution in [2.45, 2.75) is 60.8 Å². The summed E-state index contributed by atoms with van der Waals surface area (Å²) in [5, 5.41) is 0. The van der Waals surface area contributed by atoms with Crippen molar-refractivity contribution < 1.29 is 9.59 Å².